The summed E-state index contributed by atoms with van der Waals surface area (Å²) in [5.74, 6) is -8.32. The predicted octanol–water partition coefficient (Wildman–Crippen LogP) is 1.29. The van der Waals surface area contributed by atoms with Gasteiger partial charge < -0.3 is 31.9 Å². The highest BCUT2D eigenvalue weighted by atomic mass is 16.3. The molecule has 3 aliphatic rings. The van der Waals surface area contributed by atoms with Gasteiger partial charge in [-0.05, 0) is 42.6 Å². The summed E-state index contributed by atoms with van der Waals surface area (Å²) in [5.41, 5.74) is 11.7. The van der Waals surface area contributed by atoms with Crippen LogP contribution in [0, 0.1) is 17.8 Å². The number of benzene rings is 1. The van der Waals surface area contributed by atoms with E-state index in [4.69, 9.17) is 11.5 Å². The molecule has 200 valence electrons. The maximum absolute atomic E-state index is 14.0. The largest absolute Gasteiger partial charge is 0.511 e. The van der Waals surface area contributed by atoms with Crippen LogP contribution >= 0.6 is 0 Å². The lowest BCUT2D eigenvalue weighted by atomic mass is 9.56. The molecule has 0 saturated heterocycles. The molecule has 8 N–H and O–H groups in total. The van der Waals surface area contributed by atoms with E-state index in [1.165, 1.54) is 4.90 Å². The molecule has 10 heteroatoms. The Morgan fingerprint density at radius 2 is 1.70 bits per heavy atom. The maximum Gasteiger partial charge on any atom is 0.255 e. The van der Waals surface area contributed by atoms with Gasteiger partial charge in [0.05, 0.1) is 23.6 Å². The van der Waals surface area contributed by atoms with Crippen molar-refractivity contribution in [2.24, 2.45) is 29.2 Å². The average Bonchev–Trinajstić information content (AvgIpc) is 2.77. The van der Waals surface area contributed by atoms with E-state index < -0.39 is 75.8 Å². The first-order valence-electron chi connectivity index (χ1n) is 12.3. The van der Waals surface area contributed by atoms with Crippen LogP contribution in [0.15, 0.2) is 28.7 Å². The Kier molecular flexibility index (Phi) is 6.30. The number of aliphatic hydroxyl groups is 3. The number of aromatic hydroxyl groups is 1. The highest BCUT2D eigenvalue weighted by Crippen LogP contribution is 2.55. The van der Waals surface area contributed by atoms with Crippen molar-refractivity contribution in [1.29, 1.82) is 0 Å². The Bertz CT molecular complexity index is 1290. The van der Waals surface area contributed by atoms with Crippen LogP contribution in [0.5, 0.6) is 5.75 Å². The van der Waals surface area contributed by atoms with Gasteiger partial charge in [-0.15, -0.1) is 0 Å². The number of amides is 1. The predicted molar refractivity (Wildman–Crippen MR) is 135 cm³/mol. The number of rotatable bonds is 3. The van der Waals surface area contributed by atoms with Crippen molar-refractivity contribution in [1.82, 2.24) is 4.90 Å². The van der Waals surface area contributed by atoms with Crippen molar-refractivity contribution in [3.63, 3.8) is 0 Å². The first kappa shape index (κ1) is 26.8. The standard InChI is InChI=1S/C27H35N3O7/c1-9-12-10(8-28)7-11(27(2,3)4)20(31)15(12)22(33)16-13(9)21(32)14-17(23(16)34)24(35)18(26(29)37)25(36)19(14)30(5)6/h7,9,13-14,17,19,21,31-32,34,36H,8,28H2,1-6H3,(H2,29,37)/t9-,13?,14?,17?,19-,21-/m0/s1. The van der Waals surface area contributed by atoms with Crippen LogP contribution in [0.1, 0.15) is 60.7 Å². The quantitative estimate of drug-likeness (QED) is 0.324. The van der Waals surface area contributed by atoms with Gasteiger partial charge in [-0.1, -0.05) is 27.7 Å². The second kappa shape index (κ2) is 8.68. The number of fused-ring (bicyclic) bond motifs is 3. The summed E-state index contributed by atoms with van der Waals surface area (Å²) in [6.45, 7) is 7.49. The number of primary amides is 1. The molecule has 4 rings (SSSR count). The smallest absolute Gasteiger partial charge is 0.255 e. The molecular formula is C27H35N3O7. The number of hydrogen-bond donors (Lipinski definition) is 6. The van der Waals surface area contributed by atoms with E-state index in [1.807, 2.05) is 20.8 Å². The van der Waals surface area contributed by atoms with Gasteiger partial charge in [0.15, 0.2) is 11.6 Å². The number of carbonyl (C=O) groups excluding carboxylic acids is 3. The molecular weight excluding hydrogens is 478 g/mol. The number of Topliss-reactive ketones (excluding diaryl/α,β-unsaturated/α-hetero) is 2. The Balaban J connectivity index is 2.04. The molecule has 1 aromatic rings. The Morgan fingerprint density at radius 1 is 1.11 bits per heavy atom. The van der Waals surface area contributed by atoms with E-state index >= 15 is 0 Å². The molecule has 0 fully saturated rings. The summed E-state index contributed by atoms with van der Waals surface area (Å²) < 4.78 is 0. The first-order valence-corrected chi connectivity index (χ1v) is 12.3. The summed E-state index contributed by atoms with van der Waals surface area (Å²) in [7, 11) is 3.19. The number of nitrogens with two attached hydrogens (primary N) is 2. The lowest BCUT2D eigenvalue weighted by Gasteiger charge is -2.50. The zero-order valence-electron chi connectivity index (χ0n) is 21.9. The van der Waals surface area contributed by atoms with Gasteiger partial charge in [0.2, 0.25) is 0 Å². The van der Waals surface area contributed by atoms with Crippen LogP contribution in [0.4, 0.5) is 0 Å². The third kappa shape index (κ3) is 3.61. The van der Waals surface area contributed by atoms with Gasteiger partial charge in [-0.2, -0.15) is 0 Å². The number of phenolic OH excluding ortho intramolecular Hbond substituents is 1. The summed E-state index contributed by atoms with van der Waals surface area (Å²) >= 11 is 0. The van der Waals surface area contributed by atoms with Crippen LogP contribution in [-0.2, 0) is 21.5 Å². The molecule has 10 nitrogen and oxygen atoms in total. The van der Waals surface area contributed by atoms with Gasteiger partial charge in [-0.25, -0.2) is 0 Å². The molecule has 3 unspecified atom stereocenters. The molecule has 1 amide bonds. The SMILES string of the molecule is C[C@H]1c2c(CN)cc(C(C)(C)C)c(O)c2C(=O)C2=C(O)C3C(=O)C(C(N)=O)=C(O)[C@@H](N(C)C)C3[C@@H](O)C21. The molecule has 0 heterocycles. The van der Waals surface area contributed by atoms with Crippen LogP contribution < -0.4 is 11.5 Å². The third-order valence-electron chi connectivity index (χ3n) is 8.20. The van der Waals surface area contributed by atoms with Gasteiger partial charge >= 0.3 is 0 Å². The van der Waals surface area contributed by atoms with Gasteiger partial charge in [0, 0.05) is 29.5 Å². The number of allylic oxidation sites excluding steroid dienone is 1. The monoisotopic (exact) mass is 513 g/mol. The fraction of sp³-hybridized carbons (Fsp3) is 0.519. The molecule has 0 bridgehead atoms. The normalized spacial score (nSPS) is 29.9. The third-order valence-corrected chi connectivity index (χ3v) is 8.20. The topological polar surface area (TPSA) is 187 Å². The molecule has 6 atom stereocenters. The second-order valence-electron chi connectivity index (χ2n) is 11.6. The van der Waals surface area contributed by atoms with Crippen molar-refractivity contribution >= 4 is 17.5 Å². The molecule has 1 aromatic carbocycles. The van der Waals surface area contributed by atoms with Crippen molar-refractivity contribution < 1.29 is 34.8 Å². The number of nitrogens with zero attached hydrogens (tertiary/aromatic N) is 1. The average molecular weight is 514 g/mol. The summed E-state index contributed by atoms with van der Waals surface area (Å²) in [4.78, 5) is 41.0. The minimum Gasteiger partial charge on any atom is -0.511 e. The molecule has 0 saturated carbocycles. The molecule has 0 spiro atoms. The van der Waals surface area contributed by atoms with Gasteiger partial charge in [0.25, 0.3) is 5.91 Å². The lowest BCUT2D eigenvalue weighted by Crippen LogP contribution is -2.59. The number of aliphatic hydroxyl groups excluding tert-OH is 3. The number of ketones is 2. The number of likely N-dealkylation sites (N-methyl/N-ethyl adjacent to an activating group) is 1. The highest BCUT2D eigenvalue weighted by molar-refractivity contribution is 6.22. The lowest BCUT2D eigenvalue weighted by molar-refractivity contribution is -0.131. The highest BCUT2D eigenvalue weighted by Gasteiger charge is 2.59. The summed E-state index contributed by atoms with van der Waals surface area (Å²) in [5, 5.41) is 45.3. The van der Waals surface area contributed by atoms with Crippen molar-refractivity contribution in [3.8, 4) is 5.75 Å². The minimum atomic E-state index is -1.48. The van der Waals surface area contributed by atoms with E-state index in [2.05, 4.69) is 0 Å². The molecule has 0 aromatic heterocycles. The van der Waals surface area contributed by atoms with Crippen molar-refractivity contribution in [2.75, 3.05) is 14.1 Å². The van der Waals surface area contributed by atoms with Crippen LogP contribution in [-0.4, -0.2) is 69.0 Å². The second-order valence-corrected chi connectivity index (χ2v) is 11.6. The van der Waals surface area contributed by atoms with Crippen LogP contribution in [0.2, 0.25) is 0 Å². The zero-order valence-corrected chi connectivity index (χ0v) is 21.9. The van der Waals surface area contributed by atoms with Crippen LogP contribution in [0.25, 0.3) is 0 Å². The number of hydrogen-bond acceptors (Lipinski definition) is 9. The molecule has 37 heavy (non-hydrogen) atoms. The number of carbonyl (C=O) groups is 3. The van der Waals surface area contributed by atoms with Gasteiger partial charge in [0.1, 0.15) is 22.8 Å². The maximum atomic E-state index is 14.0. The van der Waals surface area contributed by atoms with Crippen molar-refractivity contribution in [2.45, 2.75) is 57.7 Å². The van der Waals surface area contributed by atoms with Crippen molar-refractivity contribution in [3.05, 3.63) is 51.0 Å². The Labute approximate surface area is 215 Å². The first-order chi connectivity index (χ1) is 17.1. The van der Waals surface area contributed by atoms with E-state index in [0.29, 0.717) is 16.7 Å². The van der Waals surface area contributed by atoms with E-state index in [9.17, 15) is 34.8 Å². The number of phenols is 1. The van der Waals surface area contributed by atoms with E-state index in [-0.39, 0.29) is 23.4 Å². The molecule has 3 aliphatic carbocycles. The minimum absolute atomic E-state index is 0.00948. The zero-order chi connectivity index (χ0) is 27.9. The Morgan fingerprint density at radius 3 is 2.19 bits per heavy atom. The van der Waals surface area contributed by atoms with Crippen LogP contribution in [0.3, 0.4) is 0 Å². The Hall–Kier alpha value is -3.21. The molecule has 0 radical (unpaired) electrons. The fourth-order valence-electron chi connectivity index (χ4n) is 6.61. The summed E-state index contributed by atoms with van der Waals surface area (Å²) in [6.07, 6.45) is -1.37. The summed E-state index contributed by atoms with van der Waals surface area (Å²) in [6, 6.07) is 0.739. The fourth-order valence-corrected chi connectivity index (χ4v) is 6.61. The molecule has 0 aliphatic heterocycles. The van der Waals surface area contributed by atoms with Gasteiger partial charge in [-0.3, -0.25) is 19.3 Å². The van der Waals surface area contributed by atoms with E-state index in [1.54, 1.807) is 27.1 Å². The van der Waals surface area contributed by atoms with E-state index in [0.717, 1.165) is 0 Å².